The average molecular weight is 320 g/mol. The highest BCUT2D eigenvalue weighted by molar-refractivity contribution is 5.78. The van der Waals surface area contributed by atoms with E-state index in [1.807, 2.05) is 13.0 Å². The monoisotopic (exact) mass is 320 g/mol. The molecule has 1 saturated heterocycles. The zero-order chi connectivity index (χ0) is 16.7. The molecule has 6 heteroatoms. The van der Waals surface area contributed by atoms with Crippen molar-refractivity contribution in [1.29, 1.82) is 0 Å². The summed E-state index contributed by atoms with van der Waals surface area (Å²) in [6, 6.07) is 6.65. The number of benzene rings is 1. The van der Waals surface area contributed by atoms with Gasteiger partial charge in [0.15, 0.2) is 5.96 Å². The number of ether oxygens (including phenoxy) is 1. The number of rotatable bonds is 6. The van der Waals surface area contributed by atoms with Gasteiger partial charge in [-0.05, 0) is 24.6 Å². The van der Waals surface area contributed by atoms with Crippen LogP contribution in [0.5, 0.6) is 0 Å². The number of morpholine rings is 1. The molecule has 126 valence electrons. The SMILES string of the molecule is C=C(C)CNC(N)=NCC(c1cccc(F)c1)N1CCOCC1. The van der Waals surface area contributed by atoms with E-state index in [1.54, 1.807) is 12.1 Å². The fourth-order valence-corrected chi connectivity index (χ4v) is 2.52. The number of nitrogens with one attached hydrogen (secondary N) is 1. The van der Waals surface area contributed by atoms with Gasteiger partial charge in [-0.2, -0.15) is 0 Å². The van der Waals surface area contributed by atoms with E-state index in [9.17, 15) is 4.39 Å². The highest BCUT2D eigenvalue weighted by Gasteiger charge is 2.22. The second-order valence-electron chi connectivity index (χ2n) is 5.76. The standard InChI is InChI=1S/C17H25FN4O/c1-13(2)11-20-17(19)21-12-16(22-6-8-23-9-7-22)14-4-3-5-15(18)10-14/h3-5,10,16H,1,6-9,11-12H2,2H3,(H3,19,20,21). The first-order chi connectivity index (χ1) is 11.1. The van der Waals surface area contributed by atoms with Crippen LogP contribution in [0.2, 0.25) is 0 Å². The van der Waals surface area contributed by atoms with Gasteiger partial charge in [-0.25, -0.2) is 4.39 Å². The molecule has 1 atom stereocenters. The Balaban J connectivity index is 2.10. The summed E-state index contributed by atoms with van der Waals surface area (Å²) in [5, 5.41) is 3.01. The smallest absolute Gasteiger partial charge is 0.188 e. The largest absolute Gasteiger partial charge is 0.379 e. The predicted octanol–water partition coefficient (Wildman–Crippen LogP) is 1.68. The average Bonchev–Trinajstić information content (AvgIpc) is 2.54. The van der Waals surface area contributed by atoms with Crippen molar-refractivity contribution < 1.29 is 9.13 Å². The van der Waals surface area contributed by atoms with E-state index < -0.39 is 0 Å². The van der Waals surface area contributed by atoms with E-state index in [4.69, 9.17) is 10.5 Å². The van der Waals surface area contributed by atoms with Crippen LogP contribution in [0.15, 0.2) is 41.4 Å². The molecule has 23 heavy (non-hydrogen) atoms. The van der Waals surface area contributed by atoms with E-state index in [0.29, 0.717) is 32.3 Å². The summed E-state index contributed by atoms with van der Waals surface area (Å²) in [4.78, 5) is 6.67. The lowest BCUT2D eigenvalue weighted by Crippen LogP contribution is -2.41. The Morgan fingerprint density at radius 2 is 2.22 bits per heavy atom. The lowest BCUT2D eigenvalue weighted by Gasteiger charge is -2.34. The van der Waals surface area contributed by atoms with Gasteiger partial charge in [-0.3, -0.25) is 9.89 Å². The van der Waals surface area contributed by atoms with Crippen LogP contribution < -0.4 is 11.1 Å². The first kappa shape index (κ1) is 17.4. The molecule has 3 N–H and O–H groups in total. The maximum Gasteiger partial charge on any atom is 0.188 e. The number of hydrogen-bond donors (Lipinski definition) is 2. The van der Waals surface area contributed by atoms with Crippen molar-refractivity contribution in [3.8, 4) is 0 Å². The minimum atomic E-state index is -0.238. The summed E-state index contributed by atoms with van der Waals surface area (Å²) >= 11 is 0. The van der Waals surface area contributed by atoms with Crippen LogP contribution in [0, 0.1) is 5.82 Å². The first-order valence-corrected chi connectivity index (χ1v) is 7.81. The van der Waals surface area contributed by atoms with Crippen LogP contribution in [-0.4, -0.2) is 50.3 Å². The van der Waals surface area contributed by atoms with Gasteiger partial charge >= 0.3 is 0 Å². The topological polar surface area (TPSA) is 62.9 Å². The van der Waals surface area contributed by atoms with Crippen LogP contribution in [0.1, 0.15) is 18.5 Å². The Hall–Kier alpha value is -1.92. The summed E-state index contributed by atoms with van der Waals surface area (Å²) in [6.45, 7) is 9.76. The Morgan fingerprint density at radius 1 is 1.48 bits per heavy atom. The molecule has 5 nitrogen and oxygen atoms in total. The minimum Gasteiger partial charge on any atom is -0.379 e. The van der Waals surface area contributed by atoms with E-state index in [1.165, 1.54) is 6.07 Å². The van der Waals surface area contributed by atoms with Crippen molar-refractivity contribution >= 4 is 5.96 Å². The third kappa shape index (κ3) is 5.65. The van der Waals surface area contributed by atoms with Crippen molar-refractivity contribution in [2.75, 3.05) is 39.4 Å². The molecule has 0 aromatic heterocycles. The number of halogens is 1. The Bertz CT molecular complexity index is 555. The van der Waals surface area contributed by atoms with E-state index in [-0.39, 0.29) is 11.9 Å². The van der Waals surface area contributed by atoms with Crippen molar-refractivity contribution in [2.24, 2.45) is 10.7 Å². The van der Waals surface area contributed by atoms with Gasteiger partial charge in [-0.15, -0.1) is 0 Å². The summed E-state index contributed by atoms with van der Waals surface area (Å²) in [6.07, 6.45) is 0. The normalized spacial score (nSPS) is 17.7. The van der Waals surface area contributed by atoms with Gasteiger partial charge in [0.1, 0.15) is 5.82 Å². The summed E-state index contributed by atoms with van der Waals surface area (Å²) in [5.41, 5.74) is 7.78. The molecule has 1 aromatic carbocycles. The van der Waals surface area contributed by atoms with Gasteiger partial charge in [0, 0.05) is 19.6 Å². The summed E-state index contributed by atoms with van der Waals surface area (Å²) in [7, 11) is 0. The fourth-order valence-electron chi connectivity index (χ4n) is 2.52. The molecule has 1 aliphatic heterocycles. The molecule has 0 saturated carbocycles. The molecular formula is C17H25FN4O. The molecule has 0 spiro atoms. The van der Waals surface area contributed by atoms with Crippen LogP contribution in [-0.2, 0) is 4.74 Å². The van der Waals surface area contributed by atoms with Crippen molar-refractivity contribution in [3.63, 3.8) is 0 Å². The number of aliphatic imine (C=N–C) groups is 1. The molecule has 1 aromatic rings. The zero-order valence-corrected chi connectivity index (χ0v) is 13.6. The summed E-state index contributed by atoms with van der Waals surface area (Å²) < 4.78 is 19.0. The third-order valence-corrected chi connectivity index (χ3v) is 3.73. The molecule has 0 bridgehead atoms. The highest BCUT2D eigenvalue weighted by atomic mass is 19.1. The maximum absolute atomic E-state index is 13.6. The molecule has 1 heterocycles. The zero-order valence-electron chi connectivity index (χ0n) is 13.6. The molecule has 0 radical (unpaired) electrons. The molecule has 0 amide bonds. The third-order valence-electron chi connectivity index (χ3n) is 3.73. The quantitative estimate of drug-likeness (QED) is 0.475. The van der Waals surface area contributed by atoms with Crippen molar-refractivity contribution in [3.05, 3.63) is 47.8 Å². The highest BCUT2D eigenvalue weighted by Crippen LogP contribution is 2.23. The predicted molar refractivity (Wildman–Crippen MR) is 90.8 cm³/mol. The van der Waals surface area contributed by atoms with Gasteiger partial charge in [-0.1, -0.05) is 24.3 Å². The van der Waals surface area contributed by atoms with Crippen molar-refractivity contribution in [1.82, 2.24) is 10.2 Å². The van der Waals surface area contributed by atoms with Gasteiger partial charge in [0.05, 0.1) is 25.8 Å². The van der Waals surface area contributed by atoms with Gasteiger partial charge in [0.2, 0.25) is 0 Å². The van der Waals surface area contributed by atoms with Crippen LogP contribution in [0.3, 0.4) is 0 Å². The Labute approximate surface area is 137 Å². The summed E-state index contributed by atoms with van der Waals surface area (Å²) in [5.74, 6) is 0.140. The van der Waals surface area contributed by atoms with E-state index in [0.717, 1.165) is 24.2 Å². The molecule has 1 unspecified atom stereocenters. The number of nitrogens with zero attached hydrogens (tertiary/aromatic N) is 2. The fraction of sp³-hybridized carbons (Fsp3) is 0.471. The minimum absolute atomic E-state index is 0.0141. The van der Waals surface area contributed by atoms with Crippen LogP contribution in [0.4, 0.5) is 4.39 Å². The second-order valence-corrected chi connectivity index (χ2v) is 5.76. The van der Waals surface area contributed by atoms with Crippen molar-refractivity contribution in [2.45, 2.75) is 13.0 Å². The van der Waals surface area contributed by atoms with Crippen LogP contribution >= 0.6 is 0 Å². The number of nitrogens with two attached hydrogens (primary N) is 1. The van der Waals surface area contributed by atoms with E-state index >= 15 is 0 Å². The molecule has 0 aliphatic carbocycles. The maximum atomic E-state index is 13.6. The first-order valence-electron chi connectivity index (χ1n) is 7.81. The van der Waals surface area contributed by atoms with Gasteiger partial charge < -0.3 is 15.8 Å². The molecule has 1 aliphatic rings. The second kappa shape index (κ2) is 8.64. The number of guanidine groups is 1. The Morgan fingerprint density at radius 3 is 2.87 bits per heavy atom. The van der Waals surface area contributed by atoms with Crippen LogP contribution in [0.25, 0.3) is 0 Å². The Kier molecular flexibility index (Phi) is 6.55. The molecular weight excluding hydrogens is 295 g/mol. The molecule has 1 fully saturated rings. The number of hydrogen-bond acceptors (Lipinski definition) is 3. The molecule has 2 rings (SSSR count). The lowest BCUT2D eigenvalue weighted by molar-refractivity contribution is 0.0179. The van der Waals surface area contributed by atoms with E-state index in [2.05, 4.69) is 21.8 Å². The lowest BCUT2D eigenvalue weighted by atomic mass is 10.0. The van der Waals surface area contributed by atoms with Gasteiger partial charge in [0.25, 0.3) is 0 Å².